The zero-order valence-corrected chi connectivity index (χ0v) is 14.0. The number of hydrogen-bond donors (Lipinski definition) is 1. The Hall–Kier alpha value is -1.13. The van der Waals surface area contributed by atoms with Crippen molar-refractivity contribution < 1.29 is 8.42 Å². The highest BCUT2D eigenvalue weighted by Crippen LogP contribution is 2.14. The van der Waals surface area contributed by atoms with E-state index in [1.807, 2.05) is 19.1 Å². The van der Waals surface area contributed by atoms with Crippen LogP contribution in [0.3, 0.4) is 0 Å². The molecule has 0 fully saturated rings. The number of benzene rings is 1. The molecule has 0 heterocycles. The average molecular weight is 309 g/mol. The summed E-state index contributed by atoms with van der Waals surface area (Å²) in [5.74, 6) is 0. The molecule has 1 atom stereocenters. The Morgan fingerprint density at radius 2 is 1.86 bits per heavy atom. The molecule has 21 heavy (non-hydrogen) atoms. The summed E-state index contributed by atoms with van der Waals surface area (Å²) < 4.78 is 27.6. The normalized spacial score (nSPS) is 13.0. The lowest BCUT2D eigenvalue weighted by molar-refractivity contribution is 0.502. The molecule has 4 heteroatoms. The standard InChI is InChI=1S/C17H27NO2S/c1-4-6-7-8-10-16(9-5-2)18-21(19,20)17-13-11-15(3)12-14-17/h5,11-14,16,18H,2,4,6-10H2,1,3H3/t16-/m1/s1. The summed E-state index contributed by atoms with van der Waals surface area (Å²) in [5.41, 5.74) is 1.05. The molecule has 0 aliphatic carbocycles. The van der Waals surface area contributed by atoms with Crippen molar-refractivity contribution in [2.24, 2.45) is 0 Å². The molecule has 3 nitrogen and oxygen atoms in total. The van der Waals surface area contributed by atoms with E-state index >= 15 is 0 Å². The van der Waals surface area contributed by atoms with Gasteiger partial charge in [0.15, 0.2) is 0 Å². The highest BCUT2D eigenvalue weighted by atomic mass is 32.2. The van der Waals surface area contributed by atoms with Crippen LogP contribution < -0.4 is 4.72 Å². The topological polar surface area (TPSA) is 46.2 Å². The molecule has 0 amide bonds. The molecular weight excluding hydrogens is 282 g/mol. The van der Waals surface area contributed by atoms with Gasteiger partial charge in [0.1, 0.15) is 0 Å². The molecule has 0 bridgehead atoms. The molecule has 0 spiro atoms. The largest absolute Gasteiger partial charge is 0.240 e. The number of hydrogen-bond acceptors (Lipinski definition) is 2. The monoisotopic (exact) mass is 309 g/mol. The molecule has 1 N–H and O–H groups in total. The van der Waals surface area contributed by atoms with Crippen molar-refractivity contribution in [3.63, 3.8) is 0 Å². The number of unbranched alkanes of at least 4 members (excludes halogenated alkanes) is 3. The van der Waals surface area contributed by atoms with Crippen LogP contribution in [0.25, 0.3) is 0 Å². The number of rotatable bonds is 10. The van der Waals surface area contributed by atoms with Crippen LogP contribution in [0.5, 0.6) is 0 Å². The minimum atomic E-state index is -3.44. The molecule has 0 aliphatic heterocycles. The summed E-state index contributed by atoms with van der Waals surface area (Å²) in [6.07, 6.45) is 7.88. The quantitative estimate of drug-likeness (QED) is 0.520. The fraction of sp³-hybridized carbons (Fsp3) is 0.529. The maximum Gasteiger partial charge on any atom is 0.240 e. The van der Waals surface area contributed by atoms with Crippen molar-refractivity contribution in [3.05, 3.63) is 42.5 Å². The Bertz CT molecular complexity index is 520. The summed E-state index contributed by atoms with van der Waals surface area (Å²) in [5, 5.41) is 0. The second-order valence-corrected chi connectivity index (χ2v) is 7.22. The van der Waals surface area contributed by atoms with E-state index in [0.29, 0.717) is 11.3 Å². The van der Waals surface area contributed by atoms with Gasteiger partial charge in [0.25, 0.3) is 0 Å². The van der Waals surface area contributed by atoms with Gasteiger partial charge >= 0.3 is 0 Å². The van der Waals surface area contributed by atoms with Gasteiger partial charge in [-0.15, -0.1) is 6.58 Å². The maximum atomic E-state index is 12.4. The van der Waals surface area contributed by atoms with E-state index in [0.717, 1.165) is 24.8 Å². The number of aryl methyl sites for hydroxylation is 1. The van der Waals surface area contributed by atoms with Crippen LogP contribution in [0.4, 0.5) is 0 Å². The second-order valence-electron chi connectivity index (χ2n) is 5.50. The fourth-order valence-corrected chi connectivity index (χ4v) is 3.53. The molecule has 0 saturated carbocycles. The van der Waals surface area contributed by atoms with Gasteiger partial charge in [-0.1, -0.05) is 56.4 Å². The van der Waals surface area contributed by atoms with Gasteiger partial charge in [-0.2, -0.15) is 0 Å². The summed E-state index contributed by atoms with van der Waals surface area (Å²) in [4.78, 5) is 0.329. The average Bonchev–Trinajstić information content (AvgIpc) is 2.44. The molecule has 0 aromatic heterocycles. The van der Waals surface area contributed by atoms with Gasteiger partial charge in [0, 0.05) is 6.04 Å². The predicted molar refractivity (Wildman–Crippen MR) is 88.9 cm³/mol. The van der Waals surface area contributed by atoms with Crippen molar-refractivity contribution in [2.45, 2.75) is 63.3 Å². The molecule has 1 rings (SSSR count). The van der Waals surface area contributed by atoms with Crippen LogP contribution in [0.1, 0.15) is 51.0 Å². The Kier molecular flexibility index (Phi) is 7.68. The molecule has 0 saturated heterocycles. The molecule has 0 unspecified atom stereocenters. The lowest BCUT2D eigenvalue weighted by atomic mass is 10.1. The molecule has 1 aromatic rings. The summed E-state index contributed by atoms with van der Waals surface area (Å²) in [6.45, 7) is 7.83. The first-order chi connectivity index (χ1) is 9.99. The molecule has 0 radical (unpaired) electrons. The van der Waals surface area contributed by atoms with Gasteiger partial charge in [-0.25, -0.2) is 13.1 Å². The first kappa shape index (κ1) is 17.9. The third-order valence-electron chi connectivity index (χ3n) is 3.51. The van der Waals surface area contributed by atoms with E-state index in [1.54, 1.807) is 18.2 Å². The van der Waals surface area contributed by atoms with Crippen LogP contribution in [0.2, 0.25) is 0 Å². The van der Waals surface area contributed by atoms with Crippen molar-refractivity contribution in [1.82, 2.24) is 4.72 Å². The summed E-state index contributed by atoms with van der Waals surface area (Å²) in [6, 6.07) is 6.88. The Morgan fingerprint density at radius 1 is 1.19 bits per heavy atom. The van der Waals surface area contributed by atoms with Gasteiger partial charge in [0.2, 0.25) is 10.0 Å². The molecular formula is C17H27NO2S. The van der Waals surface area contributed by atoms with E-state index in [-0.39, 0.29) is 6.04 Å². The lowest BCUT2D eigenvalue weighted by Gasteiger charge is -2.17. The van der Waals surface area contributed by atoms with E-state index in [2.05, 4.69) is 18.2 Å². The molecule has 118 valence electrons. The Labute approximate surface area is 129 Å². The van der Waals surface area contributed by atoms with Crippen molar-refractivity contribution in [3.8, 4) is 0 Å². The third kappa shape index (κ3) is 6.44. The number of nitrogens with one attached hydrogen (secondary N) is 1. The van der Waals surface area contributed by atoms with Gasteiger partial charge in [-0.3, -0.25) is 0 Å². The lowest BCUT2D eigenvalue weighted by Crippen LogP contribution is -2.34. The van der Waals surface area contributed by atoms with Gasteiger partial charge < -0.3 is 0 Å². The van der Waals surface area contributed by atoms with Gasteiger partial charge in [-0.05, 0) is 31.9 Å². The Morgan fingerprint density at radius 3 is 2.43 bits per heavy atom. The molecule has 1 aromatic carbocycles. The second kappa shape index (κ2) is 9.00. The van der Waals surface area contributed by atoms with Crippen LogP contribution in [0, 0.1) is 6.92 Å². The maximum absolute atomic E-state index is 12.4. The highest BCUT2D eigenvalue weighted by molar-refractivity contribution is 7.89. The smallest absolute Gasteiger partial charge is 0.208 e. The zero-order valence-electron chi connectivity index (χ0n) is 13.1. The van der Waals surface area contributed by atoms with Crippen LogP contribution in [-0.4, -0.2) is 14.5 Å². The first-order valence-corrected chi connectivity index (χ1v) is 9.17. The number of sulfonamides is 1. The third-order valence-corrected chi connectivity index (χ3v) is 5.05. The predicted octanol–water partition coefficient (Wildman–Crippen LogP) is 4.19. The van der Waals surface area contributed by atoms with Crippen molar-refractivity contribution in [2.75, 3.05) is 0 Å². The summed E-state index contributed by atoms with van der Waals surface area (Å²) in [7, 11) is -3.44. The van der Waals surface area contributed by atoms with Crippen molar-refractivity contribution in [1.29, 1.82) is 0 Å². The highest BCUT2D eigenvalue weighted by Gasteiger charge is 2.18. The van der Waals surface area contributed by atoms with Crippen LogP contribution in [0.15, 0.2) is 41.8 Å². The van der Waals surface area contributed by atoms with E-state index in [4.69, 9.17) is 0 Å². The summed E-state index contributed by atoms with van der Waals surface area (Å²) >= 11 is 0. The minimum Gasteiger partial charge on any atom is -0.208 e. The van der Waals surface area contributed by atoms with E-state index in [9.17, 15) is 8.42 Å². The van der Waals surface area contributed by atoms with Crippen LogP contribution in [-0.2, 0) is 10.0 Å². The SMILES string of the molecule is C=CC[C@H](CCCCCC)NS(=O)(=O)c1ccc(C)cc1. The molecule has 0 aliphatic rings. The van der Waals surface area contributed by atoms with E-state index in [1.165, 1.54) is 12.8 Å². The zero-order chi connectivity index (χ0) is 15.7. The minimum absolute atomic E-state index is 0.0642. The van der Waals surface area contributed by atoms with Crippen LogP contribution >= 0.6 is 0 Å². The first-order valence-electron chi connectivity index (χ1n) is 7.69. The fourth-order valence-electron chi connectivity index (χ4n) is 2.25. The Balaban J connectivity index is 2.67. The van der Waals surface area contributed by atoms with Gasteiger partial charge in [0.05, 0.1) is 4.90 Å². The van der Waals surface area contributed by atoms with Crippen molar-refractivity contribution >= 4 is 10.0 Å². The van der Waals surface area contributed by atoms with E-state index < -0.39 is 10.0 Å².